The Morgan fingerprint density at radius 3 is 2.73 bits per heavy atom. The van der Waals surface area contributed by atoms with Gasteiger partial charge in [0.2, 0.25) is 0 Å². The highest BCUT2D eigenvalue weighted by Gasteiger charge is 2.09. The highest BCUT2D eigenvalue weighted by molar-refractivity contribution is 5.84. The van der Waals surface area contributed by atoms with Crippen molar-refractivity contribution in [3.05, 3.63) is 39.7 Å². The molecule has 0 spiro atoms. The van der Waals surface area contributed by atoms with E-state index in [2.05, 4.69) is 4.84 Å². The molecule has 78 valence electrons. The van der Waals surface area contributed by atoms with Gasteiger partial charge in [-0.3, -0.25) is 0 Å². The highest BCUT2D eigenvalue weighted by atomic mass is 16.6. The van der Waals surface area contributed by atoms with Crippen LogP contribution in [0, 0.1) is 13.8 Å². The van der Waals surface area contributed by atoms with Gasteiger partial charge < -0.3 is 9.25 Å². The maximum absolute atomic E-state index is 11.2. The monoisotopic (exact) mass is 205 g/mol. The summed E-state index contributed by atoms with van der Waals surface area (Å²) in [6.45, 7) is 3.66. The zero-order valence-electron chi connectivity index (χ0n) is 8.53. The first-order chi connectivity index (χ1) is 7.13. The Kier molecular flexibility index (Phi) is 2.21. The van der Waals surface area contributed by atoms with Gasteiger partial charge in [0.1, 0.15) is 5.58 Å². The summed E-state index contributed by atoms with van der Waals surface area (Å²) in [5.74, 6) is 5.61. The molecule has 2 aromatic rings. The fraction of sp³-hybridized carbons (Fsp3) is 0.182. The van der Waals surface area contributed by atoms with Crippen LogP contribution in [0.15, 0.2) is 27.4 Å². The minimum Gasteiger partial charge on any atom is -0.422 e. The predicted molar refractivity (Wildman–Crippen MR) is 56.8 cm³/mol. The van der Waals surface area contributed by atoms with Crippen molar-refractivity contribution < 1.29 is 9.25 Å². The van der Waals surface area contributed by atoms with Crippen molar-refractivity contribution in [3.63, 3.8) is 0 Å². The van der Waals surface area contributed by atoms with E-state index in [9.17, 15) is 4.79 Å². The first-order valence-corrected chi connectivity index (χ1v) is 4.54. The molecule has 2 N–H and O–H groups in total. The summed E-state index contributed by atoms with van der Waals surface area (Å²) in [6, 6.07) is 5.04. The molecule has 0 fully saturated rings. The first kappa shape index (κ1) is 9.73. The molecule has 4 heteroatoms. The van der Waals surface area contributed by atoms with Gasteiger partial charge in [-0.05, 0) is 31.5 Å². The lowest BCUT2D eigenvalue weighted by Crippen LogP contribution is -2.05. The van der Waals surface area contributed by atoms with Crippen LogP contribution in [0.25, 0.3) is 11.0 Å². The van der Waals surface area contributed by atoms with Gasteiger partial charge in [-0.15, -0.1) is 0 Å². The molecular formula is C11H11NO3. The van der Waals surface area contributed by atoms with Crippen LogP contribution in [0.2, 0.25) is 0 Å². The summed E-state index contributed by atoms with van der Waals surface area (Å²) in [5.41, 5.74) is 1.78. The van der Waals surface area contributed by atoms with Crippen LogP contribution >= 0.6 is 0 Å². The number of benzene rings is 1. The summed E-state index contributed by atoms with van der Waals surface area (Å²) in [4.78, 5) is 15.9. The van der Waals surface area contributed by atoms with Gasteiger partial charge in [-0.25, -0.2) is 4.79 Å². The van der Waals surface area contributed by atoms with Gasteiger partial charge in [0.25, 0.3) is 0 Å². The molecule has 2 rings (SSSR count). The van der Waals surface area contributed by atoms with Gasteiger partial charge in [0.05, 0.1) is 0 Å². The third-order valence-corrected chi connectivity index (χ3v) is 2.45. The van der Waals surface area contributed by atoms with Crippen molar-refractivity contribution >= 4 is 11.0 Å². The Hall–Kier alpha value is -1.81. The SMILES string of the molecule is Cc1cc(=O)oc2c(C)c(ON)ccc12. The Bertz CT molecular complexity index is 572. The Balaban J connectivity index is 2.92. The van der Waals surface area contributed by atoms with Gasteiger partial charge >= 0.3 is 5.63 Å². The van der Waals surface area contributed by atoms with Crippen LogP contribution in [0.3, 0.4) is 0 Å². The number of fused-ring (bicyclic) bond motifs is 1. The van der Waals surface area contributed by atoms with Crippen molar-refractivity contribution in [2.24, 2.45) is 5.90 Å². The van der Waals surface area contributed by atoms with E-state index < -0.39 is 0 Å². The third-order valence-electron chi connectivity index (χ3n) is 2.45. The van der Waals surface area contributed by atoms with E-state index in [-0.39, 0.29) is 5.63 Å². The molecule has 4 nitrogen and oxygen atoms in total. The summed E-state index contributed by atoms with van der Waals surface area (Å²) in [5, 5.41) is 0.896. The molecule has 0 aliphatic heterocycles. The maximum Gasteiger partial charge on any atom is 0.336 e. The molecule has 1 aromatic heterocycles. The molecule has 0 aliphatic rings. The van der Waals surface area contributed by atoms with Crippen molar-refractivity contribution in [1.82, 2.24) is 0 Å². The van der Waals surface area contributed by atoms with Gasteiger partial charge in [0.15, 0.2) is 5.75 Å². The second-order valence-corrected chi connectivity index (χ2v) is 3.43. The summed E-state index contributed by atoms with van der Waals surface area (Å²) in [7, 11) is 0. The standard InChI is InChI=1S/C11H11NO3/c1-6-5-10(13)14-11-7(2)9(15-12)4-3-8(6)11/h3-5H,12H2,1-2H3. The summed E-state index contributed by atoms with van der Waals surface area (Å²) >= 11 is 0. The third kappa shape index (κ3) is 1.49. The number of hydrogen-bond acceptors (Lipinski definition) is 4. The van der Waals surface area contributed by atoms with Crippen LogP contribution in [0.1, 0.15) is 11.1 Å². The van der Waals surface area contributed by atoms with Crippen LogP contribution < -0.4 is 16.4 Å². The van der Waals surface area contributed by atoms with Crippen molar-refractivity contribution in [1.29, 1.82) is 0 Å². The van der Waals surface area contributed by atoms with Gasteiger partial charge in [0, 0.05) is 17.0 Å². The molecule has 0 radical (unpaired) electrons. The second kappa shape index (κ2) is 3.40. The number of aryl methyl sites for hydroxylation is 2. The zero-order valence-corrected chi connectivity index (χ0v) is 8.53. The molecule has 15 heavy (non-hydrogen) atoms. The molecule has 1 heterocycles. The minimum atomic E-state index is -0.364. The number of hydrogen-bond donors (Lipinski definition) is 1. The Labute approximate surface area is 86.2 Å². The molecule has 0 bridgehead atoms. The largest absolute Gasteiger partial charge is 0.422 e. The van der Waals surface area contributed by atoms with Crippen molar-refractivity contribution in [2.45, 2.75) is 13.8 Å². The molecule has 0 atom stereocenters. The van der Waals surface area contributed by atoms with Gasteiger partial charge in [-0.2, -0.15) is 5.90 Å². The fourth-order valence-corrected chi connectivity index (χ4v) is 1.63. The molecule has 1 aromatic carbocycles. The topological polar surface area (TPSA) is 65.5 Å². The molecular weight excluding hydrogens is 194 g/mol. The maximum atomic E-state index is 11.2. The lowest BCUT2D eigenvalue weighted by molar-refractivity contribution is 0.332. The van der Waals surface area contributed by atoms with E-state index in [0.717, 1.165) is 16.5 Å². The molecule has 0 unspecified atom stereocenters. The van der Waals surface area contributed by atoms with Crippen molar-refractivity contribution in [3.8, 4) is 5.75 Å². The lowest BCUT2D eigenvalue weighted by Gasteiger charge is -2.06. The Morgan fingerprint density at radius 2 is 2.07 bits per heavy atom. The average molecular weight is 205 g/mol. The highest BCUT2D eigenvalue weighted by Crippen LogP contribution is 2.27. The van der Waals surface area contributed by atoms with E-state index in [1.807, 2.05) is 13.0 Å². The minimum absolute atomic E-state index is 0.364. The van der Waals surface area contributed by atoms with Crippen LogP contribution in [0.5, 0.6) is 5.75 Å². The Morgan fingerprint density at radius 1 is 1.33 bits per heavy atom. The van der Waals surface area contributed by atoms with Crippen LogP contribution in [-0.4, -0.2) is 0 Å². The molecule has 0 amide bonds. The fourth-order valence-electron chi connectivity index (χ4n) is 1.63. The van der Waals surface area contributed by atoms with E-state index >= 15 is 0 Å². The van der Waals surface area contributed by atoms with Crippen LogP contribution in [-0.2, 0) is 0 Å². The smallest absolute Gasteiger partial charge is 0.336 e. The van der Waals surface area contributed by atoms with Crippen LogP contribution in [0.4, 0.5) is 0 Å². The lowest BCUT2D eigenvalue weighted by atomic mass is 10.1. The molecule has 0 saturated heterocycles. The van der Waals surface area contributed by atoms with E-state index in [1.165, 1.54) is 6.07 Å². The predicted octanol–water partition coefficient (Wildman–Crippen LogP) is 1.66. The number of nitrogens with two attached hydrogens (primary N) is 1. The zero-order chi connectivity index (χ0) is 11.0. The summed E-state index contributed by atoms with van der Waals surface area (Å²) < 4.78 is 5.12. The molecule has 0 saturated carbocycles. The average Bonchev–Trinajstić information content (AvgIpc) is 2.19. The van der Waals surface area contributed by atoms with E-state index in [0.29, 0.717) is 11.3 Å². The second-order valence-electron chi connectivity index (χ2n) is 3.43. The number of rotatable bonds is 1. The van der Waals surface area contributed by atoms with Gasteiger partial charge in [-0.1, -0.05) is 0 Å². The first-order valence-electron chi connectivity index (χ1n) is 4.54. The van der Waals surface area contributed by atoms with E-state index in [1.54, 1.807) is 13.0 Å². The quantitative estimate of drug-likeness (QED) is 0.568. The summed E-state index contributed by atoms with van der Waals surface area (Å²) in [6.07, 6.45) is 0. The van der Waals surface area contributed by atoms with Crippen molar-refractivity contribution in [2.75, 3.05) is 0 Å². The normalized spacial score (nSPS) is 10.6. The van der Waals surface area contributed by atoms with E-state index in [4.69, 9.17) is 10.3 Å². The molecule has 0 aliphatic carbocycles.